The predicted octanol–water partition coefficient (Wildman–Crippen LogP) is 8.87. The maximum atomic E-state index is 2.39. The molecule has 32 heavy (non-hydrogen) atoms. The van der Waals surface area contributed by atoms with Crippen LogP contribution in [0.1, 0.15) is 11.1 Å². The molecular formula is C31H20S. The van der Waals surface area contributed by atoms with E-state index in [0.29, 0.717) is 0 Å². The topological polar surface area (TPSA) is 0 Å². The molecule has 0 saturated carbocycles. The summed E-state index contributed by atoms with van der Waals surface area (Å²) < 4.78 is 0. The molecule has 0 spiro atoms. The van der Waals surface area contributed by atoms with Gasteiger partial charge in [-0.1, -0.05) is 96.7 Å². The van der Waals surface area contributed by atoms with Crippen LogP contribution in [0.5, 0.6) is 0 Å². The molecule has 0 radical (unpaired) electrons. The molecule has 0 fully saturated rings. The average molecular weight is 425 g/mol. The van der Waals surface area contributed by atoms with Crippen molar-refractivity contribution in [2.75, 3.05) is 0 Å². The van der Waals surface area contributed by atoms with Crippen LogP contribution in [0.3, 0.4) is 0 Å². The summed E-state index contributed by atoms with van der Waals surface area (Å²) in [5, 5.41) is 7.95. The molecule has 6 aromatic carbocycles. The smallest absolute Gasteiger partial charge is 0.0158 e. The van der Waals surface area contributed by atoms with Crippen molar-refractivity contribution in [1.29, 1.82) is 0 Å². The quantitative estimate of drug-likeness (QED) is 0.237. The molecule has 1 aliphatic rings. The number of fused-ring (bicyclic) bond motifs is 8. The van der Waals surface area contributed by atoms with Crippen molar-refractivity contribution in [2.24, 2.45) is 0 Å². The Morgan fingerprint density at radius 2 is 0.938 bits per heavy atom. The van der Waals surface area contributed by atoms with Crippen molar-refractivity contribution in [1.82, 2.24) is 0 Å². The first-order chi connectivity index (χ1) is 15.8. The van der Waals surface area contributed by atoms with Crippen LogP contribution in [0.25, 0.3) is 43.4 Å². The molecule has 0 N–H and O–H groups in total. The van der Waals surface area contributed by atoms with Crippen molar-refractivity contribution in [3.8, 4) is 11.1 Å². The van der Waals surface area contributed by atoms with E-state index in [1.54, 1.807) is 0 Å². The van der Waals surface area contributed by atoms with Crippen LogP contribution >= 0.6 is 11.8 Å². The summed E-state index contributed by atoms with van der Waals surface area (Å²) in [6, 6.07) is 40.3. The van der Waals surface area contributed by atoms with Crippen LogP contribution in [0.4, 0.5) is 0 Å². The highest BCUT2D eigenvalue weighted by molar-refractivity contribution is 7.99. The van der Waals surface area contributed by atoms with E-state index in [1.165, 1.54) is 64.4 Å². The second kappa shape index (κ2) is 6.98. The zero-order valence-electron chi connectivity index (χ0n) is 17.5. The van der Waals surface area contributed by atoms with Gasteiger partial charge in [0, 0.05) is 9.79 Å². The summed E-state index contributed by atoms with van der Waals surface area (Å²) in [6.07, 6.45) is 1.01. The lowest BCUT2D eigenvalue weighted by Crippen LogP contribution is -1.99. The first-order valence-corrected chi connectivity index (χ1v) is 11.9. The minimum atomic E-state index is 1.01. The van der Waals surface area contributed by atoms with Crippen LogP contribution in [-0.2, 0) is 6.42 Å². The van der Waals surface area contributed by atoms with Crippen molar-refractivity contribution >= 4 is 44.1 Å². The maximum absolute atomic E-state index is 2.39. The van der Waals surface area contributed by atoms with Gasteiger partial charge in [-0.2, -0.15) is 0 Å². The molecule has 0 amide bonds. The van der Waals surface area contributed by atoms with E-state index in [2.05, 4.69) is 109 Å². The number of hydrogen-bond donors (Lipinski definition) is 0. The van der Waals surface area contributed by atoms with Gasteiger partial charge in [0.05, 0.1) is 0 Å². The Kier molecular flexibility index (Phi) is 3.94. The SMILES string of the molecule is c1ccc2c(c1)Cc1cc(-c3ccc4c5ccccc5c5ccccc5c4c3)ccc1S2. The zero-order chi connectivity index (χ0) is 21.1. The predicted molar refractivity (Wildman–Crippen MR) is 138 cm³/mol. The average Bonchev–Trinajstić information content (AvgIpc) is 2.87. The Bertz CT molecular complexity index is 1640. The van der Waals surface area contributed by atoms with Gasteiger partial charge in [-0.15, -0.1) is 0 Å². The molecular weight excluding hydrogens is 404 g/mol. The van der Waals surface area contributed by atoms with Crippen molar-refractivity contribution in [2.45, 2.75) is 16.2 Å². The summed E-state index contributed by atoms with van der Waals surface area (Å²) in [5.74, 6) is 0. The first kappa shape index (κ1) is 18.1. The Hall–Kier alpha value is -3.55. The molecule has 0 bridgehead atoms. The highest BCUT2D eigenvalue weighted by Gasteiger charge is 2.16. The second-order valence-corrected chi connectivity index (χ2v) is 9.64. The molecule has 0 aromatic heterocycles. The lowest BCUT2D eigenvalue weighted by molar-refractivity contribution is 1.06. The summed E-state index contributed by atoms with van der Waals surface area (Å²) in [7, 11) is 0. The molecule has 0 atom stereocenters. The number of hydrogen-bond acceptors (Lipinski definition) is 1. The summed E-state index contributed by atoms with van der Waals surface area (Å²) in [6.45, 7) is 0. The maximum Gasteiger partial charge on any atom is 0.0158 e. The van der Waals surface area contributed by atoms with E-state index in [4.69, 9.17) is 0 Å². The van der Waals surface area contributed by atoms with Crippen LogP contribution in [0, 0.1) is 0 Å². The summed E-state index contributed by atoms with van der Waals surface area (Å²) in [5.41, 5.74) is 5.43. The van der Waals surface area contributed by atoms with Crippen LogP contribution in [0.2, 0.25) is 0 Å². The van der Waals surface area contributed by atoms with Gasteiger partial charge in [-0.05, 0) is 85.3 Å². The van der Waals surface area contributed by atoms with Crippen LogP contribution < -0.4 is 0 Å². The van der Waals surface area contributed by atoms with E-state index in [0.717, 1.165) is 6.42 Å². The van der Waals surface area contributed by atoms with Crippen LogP contribution in [0.15, 0.2) is 119 Å². The Morgan fingerprint density at radius 3 is 1.69 bits per heavy atom. The molecule has 7 rings (SSSR count). The van der Waals surface area contributed by atoms with Crippen molar-refractivity contribution in [3.05, 3.63) is 120 Å². The van der Waals surface area contributed by atoms with Crippen LogP contribution in [-0.4, -0.2) is 0 Å². The number of rotatable bonds is 1. The van der Waals surface area contributed by atoms with E-state index >= 15 is 0 Å². The fourth-order valence-corrected chi connectivity index (χ4v) is 6.21. The first-order valence-electron chi connectivity index (χ1n) is 11.1. The molecule has 0 saturated heterocycles. The Morgan fingerprint density at radius 1 is 0.406 bits per heavy atom. The largest absolute Gasteiger partial charge is 0.0895 e. The molecule has 1 aliphatic heterocycles. The summed E-state index contributed by atoms with van der Waals surface area (Å²) in [4.78, 5) is 2.77. The fourth-order valence-electron chi connectivity index (χ4n) is 5.16. The molecule has 0 unspecified atom stereocenters. The minimum absolute atomic E-state index is 1.01. The Labute approximate surface area is 191 Å². The van der Waals surface area contributed by atoms with Gasteiger partial charge in [-0.3, -0.25) is 0 Å². The molecule has 150 valence electrons. The third-order valence-corrected chi connectivity index (χ3v) is 7.95. The lowest BCUT2D eigenvalue weighted by atomic mass is 9.91. The molecule has 0 aliphatic carbocycles. The van der Waals surface area contributed by atoms with E-state index in [-0.39, 0.29) is 0 Å². The van der Waals surface area contributed by atoms with Gasteiger partial charge in [0.2, 0.25) is 0 Å². The third-order valence-electron chi connectivity index (χ3n) is 6.71. The second-order valence-electron chi connectivity index (χ2n) is 8.56. The third kappa shape index (κ3) is 2.71. The lowest BCUT2D eigenvalue weighted by Gasteiger charge is -2.20. The number of benzene rings is 6. The van der Waals surface area contributed by atoms with E-state index in [9.17, 15) is 0 Å². The fraction of sp³-hybridized carbons (Fsp3) is 0.0323. The normalized spacial score (nSPS) is 12.8. The van der Waals surface area contributed by atoms with Crippen molar-refractivity contribution in [3.63, 3.8) is 0 Å². The minimum Gasteiger partial charge on any atom is -0.0895 e. The van der Waals surface area contributed by atoms with Gasteiger partial charge >= 0.3 is 0 Å². The van der Waals surface area contributed by atoms with E-state index < -0.39 is 0 Å². The molecule has 1 heteroatoms. The highest BCUT2D eigenvalue weighted by atomic mass is 32.2. The summed E-state index contributed by atoms with van der Waals surface area (Å²) >= 11 is 1.89. The van der Waals surface area contributed by atoms with E-state index in [1.807, 2.05) is 11.8 Å². The van der Waals surface area contributed by atoms with Gasteiger partial charge in [0.15, 0.2) is 0 Å². The zero-order valence-corrected chi connectivity index (χ0v) is 18.3. The van der Waals surface area contributed by atoms with Gasteiger partial charge in [0.1, 0.15) is 0 Å². The van der Waals surface area contributed by atoms with Gasteiger partial charge in [-0.25, -0.2) is 0 Å². The van der Waals surface area contributed by atoms with Crippen molar-refractivity contribution < 1.29 is 0 Å². The monoisotopic (exact) mass is 424 g/mol. The molecule has 6 aromatic rings. The highest BCUT2D eigenvalue weighted by Crippen LogP contribution is 2.42. The van der Waals surface area contributed by atoms with Gasteiger partial charge in [0.25, 0.3) is 0 Å². The van der Waals surface area contributed by atoms with Gasteiger partial charge < -0.3 is 0 Å². The molecule has 0 nitrogen and oxygen atoms in total. The molecule has 1 heterocycles. The standard InChI is InChI=1S/C31H20S/c1-6-12-30-22(7-1)18-23-17-20(14-16-31(23)32-30)21-13-15-28-26-10-3-2-8-24(26)25-9-4-5-11-27(25)29(28)19-21/h1-17,19H,18H2. The Balaban J connectivity index is 1.43.